The molecule has 2 amide bonds. The van der Waals surface area contributed by atoms with Crippen LogP contribution in [-0.4, -0.2) is 37.7 Å². The van der Waals surface area contributed by atoms with E-state index in [1.54, 1.807) is 7.05 Å². The third-order valence-corrected chi connectivity index (χ3v) is 6.22. The fourth-order valence-electron chi connectivity index (χ4n) is 4.36. The lowest BCUT2D eigenvalue weighted by atomic mass is 10.0. The van der Waals surface area contributed by atoms with Crippen molar-refractivity contribution in [1.82, 2.24) is 19.7 Å². The van der Waals surface area contributed by atoms with Crippen LogP contribution in [0.25, 0.3) is 11.4 Å². The topological polar surface area (TPSA) is 112 Å². The Morgan fingerprint density at radius 2 is 1.72 bits per heavy atom. The number of carbonyl (C=O) groups is 3. The first-order valence-electron chi connectivity index (χ1n) is 12.9. The first-order chi connectivity index (χ1) is 17.0. The van der Waals surface area contributed by atoms with Crippen molar-refractivity contribution in [2.24, 2.45) is 7.05 Å². The number of nitrogens with one attached hydrogen (secondary N) is 1. The SMILES string of the molecule is Cn1c(-c2ccc(CCCCCCCC(=O)OC(C)(C)C)cc2)nn(C2CCCC(=O)NC2=O)c1=O. The number of hydrogen-bond acceptors (Lipinski definition) is 6. The highest BCUT2D eigenvalue weighted by Crippen LogP contribution is 2.21. The molecule has 0 radical (unpaired) electrons. The quantitative estimate of drug-likeness (QED) is 0.303. The molecule has 1 unspecified atom stereocenters. The number of hydrogen-bond donors (Lipinski definition) is 1. The lowest BCUT2D eigenvalue weighted by Gasteiger charge is -2.19. The summed E-state index contributed by atoms with van der Waals surface area (Å²) in [6.45, 7) is 5.65. The molecule has 2 aromatic rings. The highest BCUT2D eigenvalue weighted by atomic mass is 16.6. The average Bonchev–Trinajstić information content (AvgIpc) is 2.98. The highest BCUT2D eigenvalue weighted by molar-refractivity contribution is 5.97. The fraction of sp³-hybridized carbons (Fsp3) is 0.593. The van der Waals surface area contributed by atoms with Gasteiger partial charge < -0.3 is 4.74 Å². The van der Waals surface area contributed by atoms with Crippen LogP contribution in [0.1, 0.15) is 90.2 Å². The number of amides is 2. The Kier molecular flexibility index (Phi) is 9.23. The monoisotopic (exact) mass is 498 g/mol. The molecule has 9 heteroatoms. The Bertz CT molecular complexity index is 1120. The highest BCUT2D eigenvalue weighted by Gasteiger charge is 2.29. The Morgan fingerprint density at radius 1 is 1.06 bits per heavy atom. The van der Waals surface area contributed by atoms with Gasteiger partial charge in [0.15, 0.2) is 5.82 Å². The second-order valence-corrected chi connectivity index (χ2v) is 10.5. The van der Waals surface area contributed by atoms with Crippen molar-refractivity contribution in [3.05, 3.63) is 40.3 Å². The Balaban J connectivity index is 1.49. The zero-order chi connectivity index (χ0) is 26.3. The predicted octanol–water partition coefficient (Wildman–Crippen LogP) is 3.84. The maximum absolute atomic E-state index is 12.8. The van der Waals surface area contributed by atoms with Gasteiger partial charge in [0.05, 0.1) is 0 Å². The van der Waals surface area contributed by atoms with E-state index in [1.165, 1.54) is 14.8 Å². The molecule has 1 aliphatic rings. The first kappa shape index (κ1) is 27.4. The van der Waals surface area contributed by atoms with Crippen LogP contribution < -0.4 is 11.0 Å². The molecule has 1 aromatic carbocycles. The summed E-state index contributed by atoms with van der Waals surface area (Å²) >= 11 is 0. The summed E-state index contributed by atoms with van der Waals surface area (Å²) in [5.74, 6) is -0.440. The van der Waals surface area contributed by atoms with E-state index in [-0.39, 0.29) is 24.0 Å². The molecule has 36 heavy (non-hydrogen) atoms. The van der Waals surface area contributed by atoms with Gasteiger partial charge in [-0.2, -0.15) is 0 Å². The number of carbonyl (C=O) groups excluding carboxylic acids is 3. The van der Waals surface area contributed by atoms with E-state index in [2.05, 4.69) is 10.4 Å². The minimum atomic E-state index is -0.785. The molecule has 196 valence electrons. The molecule has 2 heterocycles. The summed E-state index contributed by atoms with van der Waals surface area (Å²) in [4.78, 5) is 48.5. The van der Waals surface area contributed by atoms with Crippen molar-refractivity contribution in [2.45, 2.75) is 96.6 Å². The number of aryl methyl sites for hydroxylation is 1. The second-order valence-electron chi connectivity index (χ2n) is 10.5. The standard InChI is InChI=1S/C27H38N4O5/c1-27(2,3)36-23(33)14-9-7-5-6-8-11-19-15-17-20(18-16-19)24-29-31(26(35)30(24)4)21-12-10-13-22(32)28-25(21)34/h15-18,21H,5-14H2,1-4H3,(H,28,32,34). The maximum atomic E-state index is 12.8. The Morgan fingerprint density at radius 3 is 2.42 bits per heavy atom. The first-order valence-corrected chi connectivity index (χ1v) is 12.9. The fourth-order valence-corrected chi connectivity index (χ4v) is 4.36. The van der Waals surface area contributed by atoms with E-state index in [9.17, 15) is 19.2 Å². The molecule has 1 N–H and O–H groups in total. The lowest BCUT2D eigenvalue weighted by molar-refractivity contribution is -0.155. The molecule has 3 rings (SSSR count). The van der Waals surface area contributed by atoms with Crippen molar-refractivity contribution in [1.29, 1.82) is 0 Å². The summed E-state index contributed by atoms with van der Waals surface area (Å²) in [6, 6.07) is 7.18. The van der Waals surface area contributed by atoms with Crippen LogP contribution in [-0.2, 0) is 32.6 Å². The van der Waals surface area contributed by atoms with Crippen LogP contribution in [0.4, 0.5) is 0 Å². The third-order valence-electron chi connectivity index (χ3n) is 6.22. The molecule has 9 nitrogen and oxygen atoms in total. The summed E-state index contributed by atoms with van der Waals surface area (Å²) in [6.07, 6.45) is 7.74. The molecular weight excluding hydrogens is 460 g/mol. The van der Waals surface area contributed by atoms with Gasteiger partial charge in [-0.25, -0.2) is 9.48 Å². The van der Waals surface area contributed by atoms with Crippen LogP contribution in [0.5, 0.6) is 0 Å². The molecule has 1 fully saturated rings. The van der Waals surface area contributed by atoms with Gasteiger partial charge in [0, 0.05) is 25.5 Å². The van der Waals surface area contributed by atoms with E-state index in [4.69, 9.17) is 4.74 Å². The average molecular weight is 499 g/mol. The largest absolute Gasteiger partial charge is 0.460 e. The molecule has 1 saturated heterocycles. The number of imide groups is 1. The van der Waals surface area contributed by atoms with Gasteiger partial charge in [0.25, 0.3) is 5.91 Å². The van der Waals surface area contributed by atoms with Crippen LogP contribution in [0.15, 0.2) is 29.1 Å². The minimum Gasteiger partial charge on any atom is -0.460 e. The lowest BCUT2D eigenvalue weighted by Crippen LogP contribution is -2.38. The van der Waals surface area contributed by atoms with Crippen LogP contribution >= 0.6 is 0 Å². The van der Waals surface area contributed by atoms with Gasteiger partial charge in [-0.05, 0) is 58.4 Å². The van der Waals surface area contributed by atoms with Gasteiger partial charge >= 0.3 is 11.7 Å². The normalized spacial score (nSPS) is 16.5. The summed E-state index contributed by atoms with van der Waals surface area (Å²) in [5, 5.41) is 6.78. The molecule has 1 aromatic heterocycles. The van der Waals surface area contributed by atoms with Gasteiger partial charge in [-0.15, -0.1) is 5.10 Å². The molecule has 0 spiro atoms. The minimum absolute atomic E-state index is 0.127. The van der Waals surface area contributed by atoms with Crippen molar-refractivity contribution in [3.63, 3.8) is 0 Å². The van der Waals surface area contributed by atoms with Crippen molar-refractivity contribution >= 4 is 17.8 Å². The number of nitrogens with zero attached hydrogens (tertiary/aromatic N) is 3. The van der Waals surface area contributed by atoms with Crippen molar-refractivity contribution in [2.75, 3.05) is 0 Å². The Hall–Kier alpha value is -3.23. The van der Waals surface area contributed by atoms with E-state index in [1.807, 2.05) is 45.0 Å². The summed E-state index contributed by atoms with van der Waals surface area (Å²) in [5.41, 5.74) is 1.20. The zero-order valence-electron chi connectivity index (χ0n) is 21.8. The smallest absolute Gasteiger partial charge is 0.346 e. The molecule has 0 saturated carbocycles. The number of ether oxygens (including phenoxy) is 1. The molecule has 0 bridgehead atoms. The van der Waals surface area contributed by atoms with Crippen LogP contribution in [0, 0.1) is 0 Å². The van der Waals surface area contributed by atoms with Crippen molar-refractivity contribution in [3.8, 4) is 11.4 Å². The van der Waals surface area contributed by atoms with Gasteiger partial charge in [-0.1, -0.05) is 43.5 Å². The van der Waals surface area contributed by atoms with E-state index in [0.29, 0.717) is 25.1 Å². The zero-order valence-corrected chi connectivity index (χ0v) is 21.8. The molecule has 0 aliphatic carbocycles. The van der Waals surface area contributed by atoms with Gasteiger partial charge in [0.1, 0.15) is 11.6 Å². The summed E-state index contributed by atoms with van der Waals surface area (Å²) < 4.78 is 7.96. The van der Waals surface area contributed by atoms with Crippen LogP contribution in [0.2, 0.25) is 0 Å². The third kappa shape index (κ3) is 7.63. The number of benzene rings is 1. The van der Waals surface area contributed by atoms with Crippen molar-refractivity contribution < 1.29 is 19.1 Å². The molecule has 1 atom stereocenters. The molecule has 1 aliphatic heterocycles. The van der Waals surface area contributed by atoms with E-state index >= 15 is 0 Å². The summed E-state index contributed by atoms with van der Waals surface area (Å²) in [7, 11) is 1.64. The van der Waals surface area contributed by atoms with Gasteiger partial charge in [-0.3, -0.25) is 24.3 Å². The predicted molar refractivity (Wildman–Crippen MR) is 136 cm³/mol. The van der Waals surface area contributed by atoms with E-state index in [0.717, 1.165) is 44.1 Å². The number of esters is 1. The van der Waals surface area contributed by atoms with E-state index < -0.39 is 17.6 Å². The van der Waals surface area contributed by atoms with Crippen LogP contribution in [0.3, 0.4) is 0 Å². The molecular formula is C27H38N4O5. The second kappa shape index (κ2) is 12.1. The number of rotatable bonds is 10. The maximum Gasteiger partial charge on any atom is 0.346 e. The van der Waals surface area contributed by atoms with Gasteiger partial charge in [0.2, 0.25) is 5.91 Å². The number of aromatic nitrogens is 3. The Labute approximate surface area is 212 Å². The number of unbranched alkanes of at least 4 members (excludes halogenated alkanes) is 4.